The maximum absolute atomic E-state index is 5.89. The summed E-state index contributed by atoms with van der Waals surface area (Å²) in [6.07, 6.45) is 2.25. The van der Waals surface area contributed by atoms with Gasteiger partial charge in [0.1, 0.15) is 0 Å². The average Bonchev–Trinajstić information content (AvgIpc) is 2.82. The second-order valence-corrected chi connectivity index (χ2v) is 5.55. The minimum Gasteiger partial charge on any atom is -0.399 e. The predicted molar refractivity (Wildman–Crippen MR) is 81.8 cm³/mol. The first-order valence-corrected chi connectivity index (χ1v) is 7.29. The molecule has 20 heavy (non-hydrogen) atoms. The number of fused-ring (bicyclic) bond motifs is 1. The van der Waals surface area contributed by atoms with Gasteiger partial charge in [0.2, 0.25) is 0 Å². The molecule has 2 unspecified atom stereocenters. The Balaban J connectivity index is 2.18. The van der Waals surface area contributed by atoms with Gasteiger partial charge in [-0.2, -0.15) is 0 Å². The molecule has 0 aliphatic heterocycles. The summed E-state index contributed by atoms with van der Waals surface area (Å²) in [5, 5.41) is 0. The van der Waals surface area contributed by atoms with Gasteiger partial charge in [-0.3, -0.25) is 4.90 Å². The molecule has 0 bridgehead atoms. The van der Waals surface area contributed by atoms with E-state index in [0.717, 1.165) is 38.3 Å². The lowest BCUT2D eigenvalue weighted by atomic mass is 10.0. The zero-order valence-corrected chi connectivity index (χ0v) is 12.8. The lowest BCUT2D eigenvalue weighted by Crippen LogP contribution is -2.40. The van der Waals surface area contributed by atoms with Gasteiger partial charge < -0.3 is 15.2 Å². The minimum atomic E-state index is 0.378. The highest BCUT2D eigenvalue weighted by molar-refractivity contribution is 5.47. The van der Waals surface area contributed by atoms with Crippen molar-refractivity contribution in [3.05, 3.63) is 29.3 Å². The fraction of sp³-hybridized carbons (Fsp3) is 0.625. The monoisotopic (exact) mass is 278 g/mol. The van der Waals surface area contributed by atoms with Crippen molar-refractivity contribution in [2.45, 2.75) is 31.8 Å². The van der Waals surface area contributed by atoms with E-state index < -0.39 is 0 Å². The normalized spacial score (nSPS) is 19.3. The number of nitrogen functional groups attached to an aromatic ring is 1. The summed E-state index contributed by atoms with van der Waals surface area (Å²) in [6.45, 7) is 4.63. The SMILES string of the molecule is COCCN(C(C)COC)C1CCc2cc(N)ccc21. The quantitative estimate of drug-likeness (QED) is 0.777. The Morgan fingerprint density at radius 3 is 2.85 bits per heavy atom. The predicted octanol–water partition coefficient (Wildman–Crippen LogP) is 2.24. The van der Waals surface area contributed by atoms with Crippen LogP contribution in [0.5, 0.6) is 0 Å². The molecular formula is C16H26N2O2. The molecule has 4 heteroatoms. The van der Waals surface area contributed by atoms with Crippen LogP contribution >= 0.6 is 0 Å². The van der Waals surface area contributed by atoms with Crippen molar-refractivity contribution in [2.24, 2.45) is 0 Å². The second kappa shape index (κ2) is 7.07. The van der Waals surface area contributed by atoms with E-state index in [1.165, 1.54) is 11.1 Å². The van der Waals surface area contributed by atoms with E-state index in [2.05, 4.69) is 24.0 Å². The van der Waals surface area contributed by atoms with E-state index in [1.807, 2.05) is 6.07 Å². The maximum Gasteiger partial charge on any atom is 0.0615 e. The van der Waals surface area contributed by atoms with Gasteiger partial charge in [0, 0.05) is 38.5 Å². The smallest absolute Gasteiger partial charge is 0.0615 e. The van der Waals surface area contributed by atoms with Crippen LogP contribution < -0.4 is 5.73 Å². The van der Waals surface area contributed by atoms with E-state index >= 15 is 0 Å². The Morgan fingerprint density at radius 2 is 2.15 bits per heavy atom. The van der Waals surface area contributed by atoms with Gasteiger partial charge in [0.05, 0.1) is 13.2 Å². The van der Waals surface area contributed by atoms with Crippen LogP contribution in [0.1, 0.15) is 30.5 Å². The highest BCUT2D eigenvalue weighted by Crippen LogP contribution is 2.37. The van der Waals surface area contributed by atoms with Crippen LogP contribution in [0.25, 0.3) is 0 Å². The van der Waals surface area contributed by atoms with Crippen molar-refractivity contribution in [2.75, 3.05) is 39.7 Å². The van der Waals surface area contributed by atoms with Gasteiger partial charge in [-0.15, -0.1) is 0 Å². The molecule has 0 spiro atoms. The van der Waals surface area contributed by atoms with Gasteiger partial charge in [0.15, 0.2) is 0 Å². The summed E-state index contributed by atoms with van der Waals surface area (Å²) >= 11 is 0. The first-order chi connectivity index (χ1) is 9.67. The van der Waals surface area contributed by atoms with Crippen LogP contribution in [0.15, 0.2) is 18.2 Å². The molecule has 1 aliphatic carbocycles. The maximum atomic E-state index is 5.89. The number of aryl methyl sites for hydroxylation is 1. The van der Waals surface area contributed by atoms with Gasteiger partial charge >= 0.3 is 0 Å². The molecule has 0 aromatic heterocycles. The van der Waals surface area contributed by atoms with Crippen molar-refractivity contribution < 1.29 is 9.47 Å². The lowest BCUT2D eigenvalue weighted by Gasteiger charge is -2.34. The molecule has 1 aromatic rings. The number of hydrogen-bond donors (Lipinski definition) is 1. The van der Waals surface area contributed by atoms with Crippen LogP contribution in [-0.4, -0.2) is 44.9 Å². The third-order valence-electron chi connectivity index (χ3n) is 4.14. The molecule has 1 aliphatic rings. The molecule has 2 rings (SSSR count). The Kier molecular flexibility index (Phi) is 5.40. The van der Waals surface area contributed by atoms with Gasteiger partial charge in [-0.05, 0) is 43.0 Å². The van der Waals surface area contributed by atoms with E-state index in [1.54, 1.807) is 14.2 Å². The lowest BCUT2D eigenvalue weighted by molar-refractivity contribution is 0.0468. The third-order valence-corrected chi connectivity index (χ3v) is 4.14. The molecule has 2 atom stereocenters. The van der Waals surface area contributed by atoms with Crippen molar-refractivity contribution in [1.82, 2.24) is 4.90 Å². The number of nitrogens with zero attached hydrogens (tertiary/aromatic N) is 1. The number of ether oxygens (including phenoxy) is 2. The molecule has 112 valence electrons. The molecule has 4 nitrogen and oxygen atoms in total. The number of benzene rings is 1. The first-order valence-electron chi connectivity index (χ1n) is 7.29. The minimum absolute atomic E-state index is 0.378. The highest BCUT2D eigenvalue weighted by atomic mass is 16.5. The number of rotatable bonds is 7. The molecule has 0 saturated carbocycles. The van der Waals surface area contributed by atoms with Crippen LogP contribution in [0.4, 0.5) is 5.69 Å². The molecule has 0 radical (unpaired) electrons. The summed E-state index contributed by atoms with van der Waals surface area (Å²) in [5.41, 5.74) is 9.55. The number of hydrogen-bond acceptors (Lipinski definition) is 4. The Morgan fingerprint density at radius 1 is 1.35 bits per heavy atom. The summed E-state index contributed by atoms with van der Waals surface area (Å²) in [7, 11) is 3.51. The van der Waals surface area contributed by atoms with Gasteiger partial charge in [0.25, 0.3) is 0 Å². The van der Waals surface area contributed by atoms with Crippen LogP contribution in [0.2, 0.25) is 0 Å². The van der Waals surface area contributed by atoms with E-state index in [4.69, 9.17) is 15.2 Å². The van der Waals surface area contributed by atoms with Crippen LogP contribution in [0, 0.1) is 0 Å². The summed E-state index contributed by atoms with van der Waals surface area (Å²) < 4.78 is 10.6. The third kappa shape index (κ3) is 3.32. The number of nitrogens with two attached hydrogens (primary N) is 1. The van der Waals surface area contributed by atoms with Crippen molar-refractivity contribution in [3.8, 4) is 0 Å². The summed E-state index contributed by atoms with van der Waals surface area (Å²) in [5.74, 6) is 0. The second-order valence-electron chi connectivity index (χ2n) is 5.55. The standard InChI is InChI=1S/C16H26N2O2/c1-12(11-20-3)18(8-9-19-2)16-7-4-13-10-14(17)5-6-15(13)16/h5-6,10,12,16H,4,7-9,11,17H2,1-3H3. The van der Waals surface area contributed by atoms with Crippen molar-refractivity contribution in [3.63, 3.8) is 0 Å². The summed E-state index contributed by atoms with van der Waals surface area (Å²) in [6, 6.07) is 7.13. The largest absolute Gasteiger partial charge is 0.399 e. The fourth-order valence-electron chi connectivity index (χ4n) is 3.18. The van der Waals surface area contributed by atoms with Crippen molar-refractivity contribution in [1.29, 1.82) is 0 Å². The topological polar surface area (TPSA) is 47.7 Å². The Labute approximate surface area is 121 Å². The number of methoxy groups -OCH3 is 2. The van der Waals surface area contributed by atoms with Gasteiger partial charge in [-0.25, -0.2) is 0 Å². The molecule has 1 aromatic carbocycles. The highest BCUT2D eigenvalue weighted by Gasteiger charge is 2.30. The van der Waals surface area contributed by atoms with E-state index in [0.29, 0.717) is 12.1 Å². The van der Waals surface area contributed by atoms with Crippen LogP contribution in [0.3, 0.4) is 0 Å². The zero-order chi connectivity index (χ0) is 14.5. The Bertz CT molecular complexity index is 436. The number of anilines is 1. The molecule has 0 saturated heterocycles. The first kappa shape index (κ1) is 15.3. The molecule has 2 N–H and O–H groups in total. The van der Waals surface area contributed by atoms with Crippen LogP contribution in [-0.2, 0) is 15.9 Å². The van der Waals surface area contributed by atoms with Crippen molar-refractivity contribution >= 4 is 5.69 Å². The van der Waals surface area contributed by atoms with E-state index in [9.17, 15) is 0 Å². The Hall–Kier alpha value is -1.10. The summed E-state index contributed by atoms with van der Waals surface area (Å²) in [4.78, 5) is 2.50. The molecule has 0 amide bonds. The van der Waals surface area contributed by atoms with E-state index in [-0.39, 0.29) is 0 Å². The zero-order valence-electron chi connectivity index (χ0n) is 12.8. The molecule has 0 heterocycles. The van der Waals surface area contributed by atoms with Gasteiger partial charge in [-0.1, -0.05) is 6.07 Å². The fourth-order valence-corrected chi connectivity index (χ4v) is 3.18. The molecule has 0 fully saturated rings. The molecular weight excluding hydrogens is 252 g/mol. The average molecular weight is 278 g/mol.